The van der Waals surface area contributed by atoms with Gasteiger partial charge in [0.2, 0.25) is 16.5 Å². The Hall–Kier alpha value is -4.28. The number of fused-ring (bicyclic) bond motifs is 2. The Morgan fingerprint density at radius 3 is 1.82 bits per heavy atom. The molecule has 0 unspecified atom stereocenters. The molecular weight excluding hydrogens is 703 g/mol. The van der Waals surface area contributed by atoms with Gasteiger partial charge in [-0.1, -0.05) is 0 Å². The summed E-state index contributed by atoms with van der Waals surface area (Å²) in [7, 11) is -15.0. The van der Waals surface area contributed by atoms with Crippen LogP contribution in [0.1, 0.15) is 31.8 Å². The molecule has 7 N–H and O–H groups in total. The van der Waals surface area contributed by atoms with E-state index in [0.29, 0.717) is 6.07 Å². The minimum atomic E-state index is -5.13. The molecule has 1 aromatic heterocycles. The third-order valence-corrected chi connectivity index (χ3v) is 9.18. The Balaban J connectivity index is 1.69. The van der Waals surface area contributed by atoms with Gasteiger partial charge < -0.3 is 16.4 Å². The van der Waals surface area contributed by atoms with E-state index in [1.54, 1.807) is 0 Å². The van der Waals surface area contributed by atoms with Crippen molar-refractivity contribution < 1.29 is 48.5 Å². The number of nitrogens with two attached hydrogens (primary N) is 1. The molecule has 0 aliphatic heterocycles. The summed E-state index contributed by atoms with van der Waals surface area (Å²) in [5.74, 6) is -2.42. The van der Waals surface area contributed by atoms with Crippen molar-refractivity contribution in [3.63, 3.8) is 0 Å². The minimum Gasteiger partial charge on any atom is -0.397 e. The van der Waals surface area contributed by atoms with Crippen LogP contribution in [0.15, 0.2) is 57.2 Å². The molecule has 0 spiro atoms. The summed E-state index contributed by atoms with van der Waals surface area (Å²) in [5.41, 5.74) is 1.90. The third-order valence-electron chi connectivity index (χ3n) is 6.21. The Morgan fingerprint density at radius 1 is 0.644 bits per heavy atom. The van der Waals surface area contributed by atoms with Gasteiger partial charge in [0.25, 0.3) is 30.4 Å². The molecule has 0 saturated carbocycles. The van der Waals surface area contributed by atoms with Gasteiger partial charge in [0.1, 0.15) is 9.79 Å². The van der Waals surface area contributed by atoms with Crippen LogP contribution >= 0.6 is 23.2 Å². The number of carbonyl (C=O) groups excluding carboxylic acids is 2. The molecule has 0 saturated heterocycles. The van der Waals surface area contributed by atoms with Crippen LogP contribution in [-0.2, 0) is 30.4 Å². The topological polar surface area (TPSA) is 286 Å². The fourth-order valence-corrected chi connectivity index (χ4v) is 6.56. The van der Waals surface area contributed by atoms with Crippen molar-refractivity contribution in [2.75, 3.05) is 16.4 Å². The zero-order valence-corrected chi connectivity index (χ0v) is 25.5. The fourth-order valence-electron chi connectivity index (χ4n) is 4.37. The van der Waals surface area contributed by atoms with Crippen LogP contribution in [0, 0.1) is 0 Å². The summed E-state index contributed by atoms with van der Waals surface area (Å²) >= 11 is 11.5. The number of nitrogens with one attached hydrogen (secondary N) is 2. The van der Waals surface area contributed by atoms with E-state index in [2.05, 4.69) is 25.6 Å². The van der Waals surface area contributed by atoms with Crippen LogP contribution in [0.4, 0.5) is 28.7 Å². The number of anilines is 5. The van der Waals surface area contributed by atoms with Crippen molar-refractivity contribution in [2.45, 2.75) is 14.7 Å². The van der Waals surface area contributed by atoms with Gasteiger partial charge in [0, 0.05) is 16.8 Å². The second-order valence-corrected chi connectivity index (χ2v) is 13.9. The van der Waals surface area contributed by atoms with E-state index >= 15 is 0 Å². The Labute approximate surface area is 262 Å². The summed E-state index contributed by atoms with van der Waals surface area (Å²) in [4.78, 5) is 35.6. The number of halogens is 2. The maximum atomic E-state index is 13.7. The van der Waals surface area contributed by atoms with Crippen molar-refractivity contribution in [3.05, 3.63) is 75.3 Å². The van der Waals surface area contributed by atoms with E-state index in [1.807, 2.05) is 0 Å². The van der Waals surface area contributed by atoms with Crippen molar-refractivity contribution in [1.29, 1.82) is 0 Å². The summed E-state index contributed by atoms with van der Waals surface area (Å²) in [5, 5.41) is 4.34. The number of aromatic nitrogens is 3. The quantitative estimate of drug-likeness (QED) is 0.104. The number of hydrogen-bond donors (Lipinski definition) is 6. The normalized spacial score (nSPS) is 13.3. The van der Waals surface area contributed by atoms with Gasteiger partial charge in [-0.2, -0.15) is 40.2 Å². The van der Waals surface area contributed by atoms with Crippen LogP contribution in [-0.4, -0.2) is 65.4 Å². The molecule has 4 aromatic rings. The third kappa shape index (κ3) is 6.17. The number of benzene rings is 3. The van der Waals surface area contributed by atoms with Gasteiger partial charge in [-0.3, -0.25) is 23.2 Å². The Morgan fingerprint density at radius 2 is 1.24 bits per heavy atom. The highest BCUT2D eigenvalue weighted by Gasteiger charge is 2.37. The molecule has 3 aromatic carbocycles. The van der Waals surface area contributed by atoms with E-state index in [1.165, 1.54) is 6.07 Å². The molecule has 234 valence electrons. The van der Waals surface area contributed by atoms with E-state index in [-0.39, 0.29) is 27.9 Å². The average Bonchev–Trinajstić information content (AvgIpc) is 2.90. The number of nitrogen functional groups attached to an aromatic ring is 1. The zero-order valence-electron chi connectivity index (χ0n) is 21.5. The molecule has 5 rings (SSSR count). The first kappa shape index (κ1) is 32.1. The number of hydrogen-bond acceptors (Lipinski definition) is 14. The average molecular weight is 718 g/mol. The van der Waals surface area contributed by atoms with Gasteiger partial charge in [-0.15, -0.1) is 0 Å². The van der Waals surface area contributed by atoms with E-state index in [0.717, 1.165) is 30.3 Å². The summed E-state index contributed by atoms with van der Waals surface area (Å²) in [6.07, 6.45) is 0. The van der Waals surface area contributed by atoms with Gasteiger partial charge >= 0.3 is 0 Å². The molecule has 1 aliphatic rings. The molecule has 0 atom stereocenters. The van der Waals surface area contributed by atoms with Crippen molar-refractivity contribution in [3.8, 4) is 0 Å². The van der Waals surface area contributed by atoms with Crippen LogP contribution in [0.25, 0.3) is 0 Å². The zero-order chi connectivity index (χ0) is 33.2. The molecule has 0 radical (unpaired) electrons. The molecule has 0 fully saturated rings. The van der Waals surface area contributed by atoms with E-state index in [4.69, 9.17) is 28.9 Å². The predicted molar refractivity (Wildman–Crippen MR) is 156 cm³/mol. The number of ketones is 2. The second-order valence-electron chi connectivity index (χ2n) is 9.03. The highest BCUT2D eigenvalue weighted by atomic mass is 35.5. The van der Waals surface area contributed by atoms with Crippen molar-refractivity contribution >= 4 is 93.8 Å². The number of rotatable bonds is 7. The second kappa shape index (κ2) is 11.0. The summed E-state index contributed by atoms with van der Waals surface area (Å²) < 4.78 is 101. The van der Waals surface area contributed by atoms with Crippen LogP contribution in [0.2, 0.25) is 10.6 Å². The molecule has 0 amide bonds. The van der Waals surface area contributed by atoms with E-state index in [9.17, 15) is 48.5 Å². The Kier molecular flexibility index (Phi) is 7.82. The van der Waals surface area contributed by atoms with Crippen molar-refractivity contribution in [1.82, 2.24) is 15.0 Å². The first-order valence-corrected chi connectivity index (χ1v) is 16.7. The lowest BCUT2D eigenvalue weighted by Gasteiger charge is -2.24. The fraction of sp³-hybridized carbons (Fsp3) is 0. The van der Waals surface area contributed by atoms with Gasteiger partial charge in [0.15, 0.2) is 11.6 Å². The highest BCUT2D eigenvalue weighted by Crippen LogP contribution is 2.41. The predicted octanol–water partition coefficient (Wildman–Crippen LogP) is 2.76. The largest absolute Gasteiger partial charge is 0.397 e. The smallest absolute Gasteiger partial charge is 0.296 e. The lowest BCUT2D eigenvalue weighted by molar-refractivity contribution is 0.0980. The van der Waals surface area contributed by atoms with Gasteiger partial charge in [0.05, 0.1) is 33.1 Å². The first-order valence-electron chi connectivity index (χ1n) is 11.6. The SMILES string of the molecule is Nc1c(S(=O)(=O)O)cc(Nc2ccc(Nc3nc(Cl)nc(Cl)n3)c(S(=O)(=O)O)c2)c2c1C(=O)c1ccc(S(=O)(=O)O)cc1C2=O. The number of nitrogens with zero attached hydrogens (tertiary/aromatic N) is 3. The molecule has 0 bridgehead atoms. The van der Waals surface area contributed by atoms with Crippen LogP contribution < -0.4 is 16.4 Å². The van der Waals surface area contributed by atoms with Gasteiger partial charge in [-0.05, 0) is 65.7 Å². The van der Waals surface area contributed by atoms with Crippen LogP contribution in [0.5, 0.6) is 0 Å². The maximum Gasteiger partial charge on any atom is 0.296 e. The number of carbonyl (C=O) groups is 2. The van der Waals surface area contributed by atoms with Crippen molar-refractivity contribution in [2.24, 2.45) is 0 Å². The lowest BCUT2D eigenvalue weighted by Crippen LogP contribution is -2.25. The minimum absolute atomic E-state index is 0.231. The maximum absolute atomic E-state index is 13.7. The van der Waals surface area contributed by atoms with Crippen LogP contribution in [0.3, 0.4) is 0 Å². The Bertz CT molecular complexity index is 2310. The molecule has 1 heterocycles. The first-order chi connectivity index (χ1) is 20.8. The molecule has 1 aliphatic carbocycles. The van der Waals surface area contributed by atoms with E-state index < -0.39 is 90.2 Å². The molecule has 17 nitrogen and oxygen atoms in total. The molecule has 45 heavy (non-hydrogen) atoms. The summed E-state index contributed by atoms with van der Waals surface area (Å²) in [6, 6.07) is 6.24. The molecule has 22 heteroatoms. The summed E-state index contributed by atoms with van der Waals surface area (Å²) in [6.45, 7) is 0. The lowest BCUT2D eigenvalue weighted by atomic mass is 9.82. The highest BCUT2D eigenvalue weighted by molar-refractivity contribution is 7.86. The van der Waals surface area contributed by atoms with Gasteiger partial charge in [-0.25, -0.2) is 0 Å². The standard InChI is InChI=1S/C23H14Cl2N6O11S3/c24-21-29-22(25)31-23(30-21)28-12-4-1-8(5-14(12)44(37,38)39)27-13-7-15(45(40,41)42)18(26)17-16(13)20(33)11-6-9(43(34,35)36)2-3-10(11)19(17)32/h1-7,27H,26H2,(H,34,35,36)(H,37,38,39)(H,40,41,42)(H,28,29,30,31). The monoisotopic (exact) mass is 716 g/mol. The molecular formula is C23H14Cl2N6O11S3.